The van der Waals surface area contributed by atoms with Gasteiger partial charge in [0.25, 0.3) is 0 Å². The Labute approximate surface area is 88.4 Å². The topological polar surface area (TPSA) is 59.1 Å². The van der Waals surface area contributed by atoms with E-state index in [1.165, 1.54) is 0 Å². The van der Waals surface area contributed by atoms with Crippen molar-refractivity contribution in [3.63, 3.8) is 0 Å². The number of halogens is 1. The molecule has 14 heavy (non-hydrogen) atoms. The molecule has 0 saturated carbocycles. The third-order valence-electron chi connectivity index (χ3n) is 1.50. The van der Waals surface area contributed by atoms with Crippen molar-refractivity contribution in [2.24, 2.45) is 0 Å². The van der Waals surface area contributed by atoms with Gasteiger partial charge in [-0.3, -0.25) is 4.72 Å². The fraction of sp³-hybridized carbons (Fsp3) is 0.375. The second kappa shape index (κ2) is 4.14. The van der Waals surface area contributed by atoms with Gasteiger partial charge in [0.15, 0.2) is 0 Å². The zero-order valence-electron chi connectivity index (χ0n) is 7.91. The smallest absolute Gasteiger partial charge is 0.247 e. The normalized spacial score (nSPS) is 11.4. The summed E-state index contributed by atoms with van der Waals surface area (Å²) in [5.41, 5.74) is 1.71. The molecule has 0 aromatic carbocycles. The Kier molecular flexibility index (Phi) is 3.34. The van der Waals surface area contributed by atoms with E-state index in [2.05, 4.69) is 9.71 Å². The summed E-state index contributed by atoms with van der Waals surface area (Å²) in [7, 11) is -3.45. The van der Waals surface area contributed by atoms with Gasteiger partial charge in [0, 0.05) is 5.69 Å². The first-order chi connectivity index (χ1) is 6.43. The van der Waals surface area contributed by atoms with Crippen LogP contribution < -0.4 is 4.72 Å². The molecule has 1 aromatic heterocycles. The molecular formula is C8H11ClN2O2S. The molecule has 6 heteroatoms. The predicted octanol–water partition coefficient (Wildman–Crippen LogP) is 1.64. The van der Waals surface area contributed by atoms with Gasteiger partial charge < -0.3 is 0 Å². The highest BCUT2D eigenvalue weighted by atomic mass is 35.5. The number of aryl methyl sites for hydroxylation is 2. The summed E-state index contributed by atoms with van der Waals surface area (Å²) in [5, 5.41) is -0.471. The van der Waals surface area contributed by atoms with Crippen molar-refractivity contribution in [3.05, 3.63) is 23.4 Å². The van der Waals surface area contributed by atoms with Gasteiger partial charge in [0.1, 0.15) is 11.0 Å². The van der Waals surface area contributed by atoms with Gasteiger partial charge >= 0.3 is 0 Å². The Morgan fingerprint density at radius 2 is 2.07 bits per heavy atom. The molecule has 0 amide bonds. The Balaban J connectivity index is 2.98. The highest BCUT2D eigenvalue weighted by molar-refractivity contribution is 7.93. The Morgan fingerprint density at radius 3 is 2.57 bits per heavy atom. The molecule has 0 aliphatic carbocycles. The molecule has 0 aliphatic rings. The predicted molar refractivity (Wildman–Crippen MR) is 57.0 cm³/mol. The molecule has 0 radical (unpaired) electrons. The highest BCUT2D eigenvalue weighted by Gasteiger charge is 2.09. The fourth-order valence-corrected chi connectivity index (χ4v) is 1.72. The number of nitrogens with one attached hydrogen (secondary N) is 1. The Hall–Kier alpha value is -0.810. The highest BCUT2D eigenvalue weighted by Crippen LogP contribution is 2.10. The molecule has 4 nitrogen and oxygen atoms in total. The molecule has 1 aromatic rings. The lowest BCUT2D eigenvalue weighted by atomic mass is 10.2. The molecule has 0 atom stereocenters. The number of hydrogen-bond acceptors (Lipinski definition) is 3. The van der Waals surface area contributed by atoms with Crippen molar-refractivity contribution in [1.29, 1.82) is 0 Å². The molecular weight excluding hydrogens is 224 g/mol. The second-order valence-electron chi connectivity index (χ2n) is 3.00. The summed E-state index contributed by atoms with van der Waals surface area (Å²) < 4.78 is 24.5. The zero-order chi connectivity index (χ0) is 10.8. The third-order valence-corrected chi connectivity index (χ3v) is 3.17. The molecule has 1 rings (SSSR count). The van der Waals surface area contributed by atoms with Crippen LogP contribution in [-0.2, 0) is 10.0 Å². The maximum absolute atomic E-state index is 11.1. The lowest BCUT2D eigenvalue weighted by molar-refractivity contribution is 0.605. The number of pyridine rings is 1. The SMILES string of the molecule is Cc1cc(C)nc(NS(=O)(=O)CCl)c1. The fourth-order valence-electron chi connectivity index (χ4n) is 1.08. The van der Waals surface area contributed by atoms with E-state index in [0.29, 0.717) is 5.82 Å². The quantitative estimate of drug-likeness (QED) is 0.809. The van der Waals surface area contributed by atoms with Gasteiger partial charge in [-0.15, -0.1) is 11.6 Å². The largest absolute Gasteiger partial charge is 0.266 e. The molecule has 0 fully saturated rings. The van der Waals surface area contributed by atoms with Gasteiger partial charge in [0.2, 0.25) is 10.0 Å². The summed E-state index contributed by atoms with van der Waals surface area (Å²) >= 11 is 5.24. The van der Waals surface area contributed by atoms with E-state index >= 15 is 0 Å². The Morgan fingerprint density at radius 1 is 1.43 bits per heavy atom. The first-order valence-corrected chi connectivity index (χ1v) is 6.13. The van der Waals surface area contributed by atoms with Crippen molar-refractivity contribution in [3.8, 4) is 0 Å². The Bertz CT molecular complexity index is 411. The minimum Gasteiger partial charge on any atom is -0.266 e. The number of nitrogens with zero attached hydrogens (tertiary/aromatic N) is 1. The summed E-state index contributed by atoms with van der Waals surface area (Å²) in [6.07, 6.45) is 0. The van der Waals surface area contributed by atoms with E-state index in [0.717, 1.165) is 11.3 Å². The molecule has 78 valence electrons. The average molecular weight is 235 g/mol. The van der Waals surface area contributed by atoms with E-state index in [-0.39, 0.29) is 0 Å². The van der Waals surface area contributed by atoms with Crippen molar-refractivity contribution in [1.82, 2.24) is 4.98 Å². The lowest BCUT2D eigenvalue weighted by Crippen LogP contribution is -2.14. The van der Waals surface area contributed by atoms with Crippen LogP contribution >= 0.6 is 11.6 Å². The van der Waals surface area contributed by atoms with Crippen LogP contribution in [0.3, 0.4) is 0 Å². The zero-order valence-corrected chi connectivity index (χ0v) is 9.48. The van der Waals surface area contributed by atoms with E-state index in [1.54, 1.807) is 13.0 Å². The number of sulfonamides is 1. The van der Waals surface area contributed by atoms with E-state index in [1.807, 2.05) is 13.0 Å². The van der Waals surface area contributed by atoms with Gasteiger partial charge in [-0.2, -0.15) is 0 Å². The van der Waals surface area contributed by atoms with Crippen molar-refractivity contribution in [2.45, 2.75) is 13.8 Å². The maximum atomic E-state index is 11.1. The molecule has 0 aliphatic heterocycles. The van der Waals surface area contributed by atoms with E-state index < -0.39 is 15.2 Å². The standard InChI is InChI=1S/C8H11ClN2O2S/c1-6-3-7(2)10-8(4-6)11-14(12,13)5-9/h3-4H,5H2,1-2H3,(H,10,11). The number of aromatic nitrogens is 1. The van der Waals surface area contributed by atoms with Crippen molar-refractivity contribution < 1.29 is 8.42 Å². The van der Waals surface area contributed by atoms with Gasteiger partial charge in [-0.1, -0.05) is 0 Å². The van der Waals surface area contributed by atoms with E-state index in [4.69, 9.17) is 11.6 Å². The monoisotopic (exact) mass is 234 g/mol. The molecule has 1 heterocycles. The third kappa shape index (κ3) is 3.16. The van der Waals surface area contributed by atoms with Gasteiger partial charge in [-0.05, 0) is 31.5 Å². The first kappa shape index (κ1) is 11.3. The number of hydrogen-bond donors (Lipinski definition) is 1. The summed E-state index contributed by atoms with van der Waals surface area (Å²) in [6.45, 7) is 3.67. The minimum absolute atomic E-state index is 0.308. The number of alkyl halides is 1. The van der Waals surface area contributed by atoms with Crippen LogP contribution in [0, 0.1) is 13.8 Å². The van der Waals surface area contributed by atoms with Gasteiger partial charge in [0.05, 0.1) is 0 Å². The van der Waals surface area contributed by atoms with Crippen LogP contribution in [0.15, 0.2) is 12.1 Å². The minimum atomic E-state index is -3.45. The van der Waals surface area contributed by atoms with Crippen LogP contribution in [-0.4, -0.2) is 18.6 Å². The molecule has 0 spiro atoms. The van der Waals surface area contributed by atoms with Crippen molar-refractivity contribution in [2.75, 3.05) is 9.93 Å². The summed E-state index contributed by atoms with van der Waals surface area (Å²) in [4.78, 5) is 4.02. The number of rotatable bonds is 3. The summed E-state index contributed by atoms with van der Waals surface area (Å²) in [6, 6.07) is 3.51. The van der Waals surface area contributed by atoms with Crippen LogP contribution in [0.5, 0.6) is 0 Å². The second-order valence-corrected chi connectivity index (χ2v) is 5.30. The maximum Gasteiger partial charge on any atom is 0.247 e. The van der Waals surface area contributed by atoms with Crippen LogP contribution in [0.4, 0.5) is 5.82 Å². The first-order valence-electron chi connectivity index (χ1n) is 3.95. The van der Waals surface area contributed by atoms with Crippen LogP contribution in [0.1, 0.15) is 11.3 Å². The van der Waals surface area contributed by atoms with Crippen molar-refractivity contribution >= 4 is 27.4 Å². The lowest BCUT2D eigenvalue weighted by Gasteiger charge is -2.05. The molecule has 0 unspecified atom stereocenters. The molecule has 0 saturated heterocycles. The van der Waals surface area contributed by atoms with Crippen LogP contribution in [0.2, 0.25) is 0 Å². The molecule has 1 N–H and O–H groups in total. The summed E-state index contributed by atoms with van der Waals surface area (Å²) in [5.74, 6) is 0.308. The number of anilines is 1. The average Bonchev–Trinajstić information content (AvgIpc) is 2.01. The van der Waals surface area contributed by atoms with E-state index in [9.17, 15) is 8.42 Å². The van der Waals surface area contributed by atoms with Gasteiger partial charge in [-0.25, -0.2) is 13.4 Å². The molecule has 0 bridgehead atoms. The van der Waals surface area contributed by atoms with Crippen LogP contribution in [0.25, 0.3) is 0 Å².